The van der Waals surface area contributed by atoms with Crippen molar-refractivity contribution in [3.63, 3.8) is 0 Å². The number of amides is 1. The van der Waals surface area contributed by atoms with Crippen molar-refractivity contribution in [3.05, 3.63) is 29.8 Å². The fourth-order valence-electron chi connectivity index (χ4n) is 1.51. The summed E-state index contributed by atoms with van der Waals surface area (Å²) in [5.41, 5.74) is 0.320. The lowest BCUT2D eigenvalue weighted by molar-refractivity contribution is -0.128. The van der Waals surface area contributed by atoms with Crippen LogP contribution < -0.4 is 10.1 Å². The van der Waals surface area contributed by atoms with Crippen LogP contribution in [0.4, 0.5) is 0 Å². The van der Waals surface area contributed by atoms with Gasteiger partial charge in [-0.1, -0.05) is 12.1 Å². The van der Waals surface area contributed by atoms with Gasteiger partial charge in [-0.3, -0.25) is 4.79 Å². The third-order valence-electron chi connectivity index (χ3n) is 2.41. The van der Waals surface area contributed by atoms with E-state index in [9.17, 15) is 9.59 Å². The van der Waals surface area contributed by atoms with E-state index in [1.54, 1.807) is 31.2 Å². The molecule has 0 aliphatic carbocycles. The second-order valence-electron chi connectivity index (χ2n) is 3.87. The van der Waals surface area contributed by atoms with E-state index < -0.39 is 12.1 Å². The van der Waals surface area contributed by atoms with E-state index in [0.717, 1.165) is 0 Å². The Morgan fingerprint density at radius 1 is 1.26 bits per heavy atom. The molecular formula is C14H19NO4. The molecule has 0 heterocycles. The predicted molar refractivity (Wildman–Crippen MR) is 71.2 cm³/mol. The van der Waals surface area contributed by atoms with Gasteiger partial charge in [-0.2, -0.15) is 0 Å². The van der Waals surface area contributed by atoms with Crippen molar-refractivity contribution in [3.8, 4) is 5.75 Å². The van der Waals surface area contributed by atoms with Crippen LogP contribution >= 0.6 is 0 Å². The van der Waals surface area contributed by atoms with Crippen LogP contribution in [0.5, 0.6) is 5.75 Å². The summed E-state index contributed by atoms with van der Waals surface area (Å²) in [5, 5.41) is 2.59. The Bertz CT molecular complexity index is 445. The minimum absolute atomic E-state index is 0.315. The Hall–Kier alpha value is -2.04. The molecule has 0 saturated carbocycles. The Labute approximate surface area is 112 Å². The van der Waals surface area contributed by atoms with Crippen LogP contribution in [0.1, 0.15) is 31.1 Å². The Morgan fingerprint density at radius 2 is 1.95 bits per heavy atom. The number of benzene rings is 1. The monoisotopic (exact) mass is 265 g/mol. The van der Waals surface area contributed by atoms with Crippen LogP contribution in [0.15, 0.2) is 24.3 Å². The summed E-state index contributed by atoms with van der Waals surface area (Å²) in [6.07, 6.45) is -0.831. The smallest absolute Gasteiger partial charge is 0.342 e. The SMILES string of the molecule is CCNC(=O)[C@H](C)OC(=O)c1ccccc1OCC. The zero-order chi connectivity index (χ0) is 14.3. The molecular weight excluding hydrogens is 246 g/mol. The van der Waals surface area contributed by atoms with Gasteiger partial charge in [0.05, 0.1) is 6.61 Å². The molecule has 0 bridgehead atoms. The normalized spacial score (nSPS) is 11.5. The summed E-state index contributed by atoms with van der Waals surface area (Å²) < 4.78 is 10.5. The zero-order valence-electron chi connectivity index (χ0n) is 11.4. The summed E-state index contributed by atoms with van der Waals surface area (Å²) in [4.78, 5) is 23.5. The second kappa shape index (κ2) is 7.41. The fraction of sp³-hybridized carbons (Fsp3) is 0.429. The molecule has 104 valence electrons. The molecule has 19 heavy (non-hydrogen) atoms. The van der Waals surface area contributed by atoms with Crippen molar-refractivity contribution in [2.75, 3.05) is 13.2 Å². The first-order chi connectivity index (χ1) is 9.10. The van der Waals surface area contributed by atoms with Gasteiger partial charge in [0.25, 0.3) is 5.91 Å². The van der Waals surface area contributed by atoms with Crippen LogP contribution in [0, 0.1) is 0 Å². The van der Waals surface area contributed by atoms with Crippen LogP contribution in [-0.4, -0.2) is 31.1 Å². The highest BCUT2D eigenvalue weighted by Crippen LogP contribution is 2.19. The van der Waals surface area contributed by atoms with Crippen LogP contribution in [0.25, 0.3) is 0 Å². The van der Waals surface area contributed by atoms with Gasteiger partial charge in [-0.15, -0.1) is 0 Å². The standard InChI is InChI=1S/C14H19NO4/c1-4-15-13(16)10(3)19-14(17)11-8-6-7-9-12(11)18-5-2/h6-10H,4-5H2,1-3H3,(H,15,16)/t10-/m0/s1. The van der Waals surface area contributed by atoms with Crippen LogP contribution in [-0.2, 0) is 9.53 Å². The van der Waals surface area contributed by atoms with Gasteiger partial charge in [0, 0.05) is 6.54 Å². The Kier molecular flexibility index (Phi) is 5.85. The molecule has 0 aliphatic heterocycles. The lowest BCUT2D eigenvalue weighted by Gasteiger charge is -2.14. The van der Waals surface area contributed by atoms with Gasteiger partial charge >= 0.3 is 5.97 Å². The molecule has 0 unspecified atom stereocenters. The van der Waals surface area contributed by atoms with Gasteiger partial charge in [-0.25, -0.2) is 4.79 Å². The van der Waals surface area contributed by atoms with E-state index in [1.807, 2.05) is 6.92 Å². The van der Waals surface area contributed by atoms with Crippen molar-refractivity contribution in [1.82, 2.24) is 5.32 Å². The van der Waals surface area contributed by atoms with E-state index in [-0.39, 0.29) is 5.91 Å². The predicted octanol–water partition coefficient (Wildman–Crippen LogP) is 1.77. The highest BCUT2D eigenvalue weighted by molar-refractivity contribution is 5.94. The number of hydrogen-bond acceptors (Lipinski definition) is 4. The average Bonchev–Trinajstić information content (AvgIpc) is 2.39. The molecule has 0 radical (unpaired) electrons. The number of carbonyl (C=O) groups is 2. The Morgan fingerprint density at radius 3 is 2.58 bits per heavy atom. The summed E-state index contributed by atoms with van der Waals surface area (Å²) in [5.74, 6) is -0.425. The third-order valence-corrected chi connectivity index (χ3v) is 2.41. The highest BCUT2D eigenvalue weighted by atomic mass is 16.5. The van der Waals surface area contributed by atoms with Gasteiger partial charge in [0.1, 0.15) is 11.3 Å². The number of rotatable bonds is 6. The van der Waals surface area contributed by atoms with E-state index in [2.05, 4.69) is 5.32 Å². The first-order valence-electron chi connectivity index (χ1n) is 6.30. The topological polar surface area (TPSA) is 64.6 Å². The lowest BCUT2D eigenvalue weighted by Crippen LogP contribution is -2.35. The van der Waals surface area contributed by atoms with Crippen molar-refractivity contribution < 1.29 is 19.1 Å². The Balaban J connectivity index is 2.75. The average molecular weight is 265 g/mol. The molecule has 1 atom stereocenters. The van der Waals surface area contributed by atoms with E-state index in [1.165, 1.54) is 6.92 Å². The highest BCUT2D eigenvalue weighted by Gasteiger charge is 2.20. The molecule has 0 spiro atoms. The summed E-state index contributed by atoms with van der Waals surface area (Å²) in [6, 6.07) is 6.79. The molecule has 0 aliphatic rings. The van der Waals surface area contributed by atoms with E-state index in [4.69, 9.17) is 9.47 Å². The second-order valence-corrected chi connectivity index (χ2v) is 3.87. The number of likely N-dealkylation sites (N-methyl/N-ethyl adjacent to an activating group) is 1. The van der Waals surface area contributed by atoms with Crippen molar-refractivity contribution >= 4 is 11.9 Å². The van der Waals surface area contributed by atoms with Gasteiger partial charge in [0.2, 0.25) is 0 Å². The summed E-state index contributed by atoms with van der Waals surface area (Å²) in [6.45, 7) is 6.12. The summed E-state index contributed by atoms with van der Waals surface area (Å²) >= 11 is 0. The minimum atomic E-state index is -0.831. The van der Waals surface area contributed by atoms with Gasteiger partial charge < -0.3 is 14.8 Å². The molecule has 0 fully saturated rings. The summed E-state index contributed by atoms with van der Waals surface area (Å²) in [7, 11) is 0. The van der Waals surface area contributed by atoms with Gasteiger partial charge in [-0.05, 0) is 32.9 Å². The number of para-hydroxylation sites is 1. The molecule has 1 aromatic carbocycles. The maximum Gasteiger partial charge on any atom is 0.342 e. The molecule has 1 N–H and O–H groups in total. The number of esters is 1. The first kappa shape index (κ1) is 15.0. The van der Waals surface area contributed by atoms with Crippen LogP contribution in [0.3, 0.4) is 0 Å². The number of nitrogens with one attached hydrogen (secondary N) is 1. The lowest BCUT2D eigenvalue weighted by atomic mass is 10.2. The van der Waals surface area contributed by atoms with E-state index in [0.29, 0.717) is 24.5 Å². The molecule has 0 saturated heterocycles. The number of carbonyl (C=O) groups excluding carboxylic acids is 2. The molecule has 5 heteroatoms. The molecule has 1 aromatic rings. The third kappa shape index (κ3) is 4.28. The molecule has 5 nitrogen and oxygen atoms in total. The van der Waals surface area contributed by atoms with Crippen molar-refractivity contribution in [2.45, 2.75) is 26.9 Å². The van der Waals surface area contributed by atoms with Gasteiger partial charge in [0.15, 0.2) is 6.10 Å². The quantitative estimate of drug-likeness (QED) is 0.796. The van der Waals surface area contributed by atoms with Crippen molar-refractivity contribution in [2.24, 2.45) is 0 Å². The van der Waals surface area contributed by atoms with Crippen molar-refractivity contribution in [1.29, 1.82) is 0 Å². The molecule has 0 aromatic heterocycles. The largest absolute Gasteiger partial charge is 0.493 e. The number of hydrogen-bond donors (Lipinski definition) is 1. The zero-order valence-corrected chi connectivity index (χ0v) is 11.4. The van der Waals surface area contributed by atoms with Crippen LogP contribution in [0.2, 0.25) is 0 Å². The maximum atomic E-state index is 12.0. The number of ether oxygens (including phenoxy) is 2. The fourth-order valence-corrected chi connectivity index (χ4v) is 1.51. The first-order valence-corrected chi connectivity index (χ1v) is 6.30. The van der Waals surface area contributed by atoms with E-state index >= 15 is 0 Å². The molecule has 1 amide bonds. The molecule has 1 rings (SSSR count). The minimum Gasteiger partial charge on any atom is -0.493 e. The maximum absolute atomic E-state index is 12.0.